The molecule has 1 fully saturated rings. The third-order valence-electron chi connectivity index (χ3n) is 5.41. The van der Waals surface area contributed by atoms with E-state index in [1.165, 1.54) is 25.3 Å². The molecule has 0 aliphatic heterocycles. The van der Waals surface area contributed by atoms with Gasteiger partial charge in [-0.1, -0.05) is 32.3 Å². The van der Waals surface area contributed by atoms with Crippen LogP contribution in [0.3, 0.4) is 0 Å². The third kappa shape index (κ3) is 2.20. The smallest absolute Gasteiger partial charge is 0.123 e. The molecule has 1 unspecified atom stereocenters. The van der Waals surface area contributed by atoms with E-state index < -0.39 is 5.60 Å². The maximum absolute atomic E-state index is 13.3. The van der Waals surface area contributed by atoms with Gasteiger partial charge in [0.15, 0.2) is 0 Å². The lowest BCUT2D eigenvalue weighted by Crippen LogP contribution is -2.35. The highest BCUT2D eigenvalue weighted by Gasteiger charge is 2.44. The van der Waals surface area contributed by atoms with E-state index in [9.17, 15) is 9.50 Å². The summed E-state index contributed by atoms with van der Waals surface area (Å²) in [5.41, 5.74) is 1.32. The van der Waals surface area contributed by atoms with Crippen molar-refractivity contribution >= 4 is 0 Å². The molecule has 2 aliphatic rings. The fourth-order valence-electron chi connectivity index (χ4n) is 4.12. The average Bonchev–Trinajstić information content (AvgIpc) is 2.77. The summed E-state index contributed by atoms with van der Waals surface area (Å²) in [6.45, 7) is 2.26. The van der Waals surface area contributed by atoms with Crippen LogP contribution >= 0.6 is 0 Å². The zero-order valence-corrected chi connectivity index (χ0v) is 11.7. The molecule has 1 nitrogen and oxygen atoms in total. The van der Waals surface area contributed by atoms with Gasteiger partial charge in [-0.05, 0) is 60.8 Å². The molecular weight excluding hydrogens is 239 g/mol. The Labute approximate surface area is 114 Å². The van der Waals surface area contributed by atoms with Crippen molar-refractivity contribution in [3.8, 4) is 0 Å². The second-order valence-electron chi connectivity index (χ2n) is 6.35. The van der Waals surface area contributed by atoms with E-state index in [0.29, 0.717) is 5.92 Å². The zero-order valence-electron chi connectivity index (χ0n) is 11.7. The summed E-state index contributed by atoms with van der Waals surface area (Å²) in [4.78, 5) is 0. The standard InChI is InChI=1S/C17H23FO/c1-2-12-3-5-14(6-4-12)17(19)10-9-13-11-15(18)7-8-16(13)17/h7-8,11-12,14,19H,2-6,9-10H2,1H3. The number of aryl methyl sites for hydroxylation is 1. The van der Waals surface area contributed by atoms with Gasteiger partial charge < -0.3 is 5.11 Å². The summed E-state index contributed by atoms with van der Waals surface area (Å²) in [5.74, 6) is 1.02. The van der Waals surface area contributed by atoms with Gasteiger partial charge in [0, 0.05) is 0 Å². The van der Waals surface area contributed by atoms with Crippen LogP contribution < -0.4 is 0 Å². The summed E-state index contributed by atoms with van der Waals surface area (Å²) in [6, 6.07) is 4.90. The van der Waals surface area contributed by atoms with Crippen LogP contribution in [0.15, 0.2) is 18.2 Å². The van der Waals surface area contributed by atoms with Gasteiger partial charge in [0.2, 0.25) is 0 Å². The Morgan fingerprint density at radius 3 is 2.68 bits per heavy atom. The van der Waals surface area contributed by atoms with E-state index in [-0.39, 0.29) is 5.82 Å². The predicted molar refractivity (Wildman–Crippen MR) is 74.4 cm³/mol. The molecule has 2 aliphatic carbocycles. The van der Waals surface area contributed by atoms with Crippen molar-refractivity contribution in [1.82, 2.24) is 0 Å². The van der Waals surface area contributed by atoms with Crippen molar-refractivity contribution in [3.63, 3.8) is 0 Å². The molecule has 0 bridgehead atoms. The molecule has 1 N–H and O–H groups in total. The predicted octanol–water partition coefficient (Wildman–Crippen LogP) is 4.18. The van der Waals surface area contributed by atoms with Crippen LogP contribution in [0.5, 0.6) is 0 Å². The lowest BCUT2D eigenvalue weighted by Gasteiger charge is -2.38. The Hall–Kier alpha value is -0.890. The Morgan fingerprint density at radius 2 is 2.00 bits per heavy atom. The normalized spacial score (nSPS) is 34.3. The first-order valence-electron chi connectivity index (χ1n) is 7.64. The molecular formula is C17H23FO. The molecule has 0 saturated heterocycles. The van der Waals surface area contributed by atoms with Crippen LogP contribution in [0.4, 0.5) is 4.39 Å². The first-order chi connectivity index (χ1) is 9.13. The molecule has 0 radical (unpaired) electrons. The van der Waals surface area contributed by atoms with Crippen LogP contribution in [-0.4, -0.2) is 5.11 Å². The molecule has 0 aromatic heterocycles. The van der Waals surface area contributed by atoms with Crippen LogP contribution in [0.25, 0.3) is 0 Å². The monoisotopic (exact) mass is 262 g/mol. The Balaban J connectivity index is 1.82. The highest BCUT2D eigenvalue weighted by Crippen LogP contribution is 2.48. The number of fused-ring (bicyclic) bond motifs is 1. The van der Waals surface area contributed by atoms with Crippen molar-refractivity contribution in [3.05, 3.63) is 35.1 Å². The first kappa shape index (κ1) is 13.1. The van der Waals surface area contributed by atoms with E-state index in [0.717, 1.165) is 42.7 Å². The lowest BCUT2D eigenvalue weighted by atomic mass is 9.71. The summed E-state index contributed by atoms with van der Waals surface area (Å²) in [6.07, 6.45) is 7.55. The van der Waals surface area contributed by atoms with E-state index in [1.807, 2.05) is 6.07 Å². The maximum atomic E-state index is 13.3. The van der Waals surface area contributed by atoms with E-state index in [1.54, 1.807) is 6.07 Å². The van der Waals surface area contributed by atoms with Crippen molar-refractivity contribution in [1.29, 1.82) is 0 Å². The van der Waals surface area contributed by atoms with E-state index in [2.05, 4.69) is 6.92 Å². The summed E-state index contributed by atoms with van der Waals surface area (Å²) in [5, 5.41) is 11.1. The van der Waals surface area contributed by atoms with Gasteiger partial charge in [-0.2, -0.15) is 0 Å². The van der Waals surface area contributed by atoms with Crippen LogP contribution in [0, 0.1) is 17.7 Å². The minimum Gasteiger partial charge on any atom is -0.385 e. The average molecular weight is 262 g/mol. The van der Waals surface area contributed by atoms with Crippen molar-refractivity contribution in [2.45, 2.75) is 57.5 Å². The largest absolute Gasteiger partial charge is 0.385 e. The second-order valence-corrected chi connectivity index (χ2v) is 6.35. The fraction of sp³-hybridized carbons (Fsp3) is 0.647. The molecule has 0 amide bonds. The summed E-state index contributed by atoms with van der Waals surface area (Å²) in [7, 11) is 0. The van der Waals surface area contributed by atoms with Gasteiger partial charge in [-0.25, -0.2) is 4.39 Å². The second kappa shape index (κ2) is 4.90. The maximum Gasteiger partial charge on any atom is 0.123 e. The van der Waals surface area contributed by atoms with Gasteiger partial charge in [0.05, 0.1) is 5.60 Å². The molecule has 1 saturated carbocycles. The molecule has 1 atom stereocenters. The topological polar surface area (TPSA) is 20.2 Å². The molecule has 0 spiro atoms. The fourth-order valence-corrected chi connectivity index (χ4v) is 4.12. The van der Waals surface area contributed by atoms with Crippen LogP contribution in [-0.2, 0) is 12.0 Å². The van der Waals surface area contributed by atoms with Gasteiger partial charge >= 0.3 is 0 Å². The van der Waals surface area contributed by atoms with E-state index in [4.69, 9.17) is 0 Å². The number of halogens is 1. The lowest BCUT2D eigenvalue weighted by molar-refractivity contribution is -0.0424. The number of hydrogen-bond acceptors (Lipinski definition) is 1. The number of rotatable bonds is 2. The zero-order chi connectivity index (χ0) is 13.5. The molecule has 1 aromatic rings. The van der Waals surface area contributed by atoms with Crippen LogP contribution in [0.2, 0.25) is 0 Å². The van der Waals surface area contributed by atoms with Crippen molar-refractivity contribution < 1.29 is 9.50 Å². The highest BCUT2D eigenvalue weighted by molar-refractivity contribution is 5.38. The molecule has 1 aromatic carbocycles. The van der Waals surface area contributed by atoms with Gasteiger partial charge in [0.25, 0.3) is 0 Å². The minimum absolute atomic E-state index is 0.183. The van der Waals surface area contributed by atoms with Crippen molar-refractivity contribution in [2.75, 3.05) is 0 Å². The Bertz CT molecular complexity index is 462. The quantitative estimate of drug-likeness (QED) is 0.848. The molecule has 0 heterocycles. The minimum atomic E-state index is -0.693. The summed E-state index contributed by atoms with van der Waals surface area (Å²) < 4.78 is 13.3. The Kier molecular flexibility index (Phi) is 3.38. The van der Waals surface area contributed by atoms with Gasteiger partial charge in [-0.15, -0.1) is 0 Å². The summed E-state index contributed by atoms with van der Waals surface area (Å²) >= 11 is 0. The van der Waals surface area contributed by atoms with Gasteiger partial charge in [-0.3, -0.25) is 0 Å². The highest BCUT2D eigenvalue weighted by atomic mass is 19.1. The SMILES string of the molecule is CCC1CCC(C2(O)CCc3cc(F)ccc32)CC1. The van der Waals surface area contributed by atoms with Crippen molar-refractivity contribution in [2.24, 2.45) is 11.8 Å². The van der Waals surface area contributed by atoms with Gasteiger partial charge in [0.1, 0.15) is 5.82 Å². The number of hydrogen-bond donors (Lipinski definition) is 1. The molecule has 104 valence electrons. The van der Waals surface area contributed by atoms with E-state index >= 15 is 0 Å². The molecule has 2 heteroatoms. The van der Waals surface area contributed by atoms with Crippen LogP contribution in [0.1, 0.15) is 56.6 Å². The Morgan fingerprint density at radius 1 is 1.26 bits per heavy atom. The first-order valence-corrected chi connectivity index (χ1v) is 7.64. The number of benzene rings is 1. The number of aliphatic hydroxyl groups is 1. The molecule has 19 heavy (non-hydrogen) atoms. The third-order valence-corrected chi connectivity index (χ3v) is 5.41. The molecule has 3 rings (SSSR count).